The summed E-state index contributed by atoms with van der Waals surface area (Å²) in [5, 5.41) is 10.9. The smallest absolute Gasteiger partial charge is 0.223 e. The average Bonchev–Trinajstić information content (AvgIpc) is 3.44. The van der Waals surface area contributed by atoms with Gasteiger partial charge in [-0.2, -0.15) is 0 Å². The summed E-state index contributed by atoms with van der Waals surface area (Å²) in [6.07, 6.45) is 6.25. The number of amides is 1. The van der Waals surface area contributed by atoms with Crippen LogP contribution < -0.4 is 0 Å². The van der Waals surface area contributed by atoms with Crippen molar-refractivity contribution in [3.8, 4) is 11.3 Å². The van der Waals surface area contributed by atoms with Crippen molar-refractivity contribution < 1.29 is 19.1 Å². The van der Waals surface area contributed by atoms with Gasteiger partial charge in [-0.25, -0.2) is 0 Å². The van der Waals surface area contributed by atoms with Crippen molar-refractivity contribution in [3.63, 3.8) is 0 Å². The van der Waals surface area contributed by atoms with Gasteiger partial charge in [0.15, 0.2) is 11.0 Å². The van der Waals surface area contributed by atoms with E-state index in [0.717, 1.165) is 47.7 Å². The molecule has 3 aromatic rings. The fourth-order valence-electron chi connectivity index (χ4n) is 7.24. The summed E-state index contributed by atoms with van der Waals surface area (Å²) >= 11 is 6.03. The molecule has 6 atom stereocenters. The van der Waals surface area contributed by atoms with Gasteiger partial charge in [0.25, 0.3) is 0 Å². The molecule has 7 heteroatoms. The predicted molar refractivity (Wildman–Crippen MR) is 129 cm³/mol. The predicted octanol–water partition coefficient (Wildman–Crippen LogP) is 5.15. The number of furan rings is 1. The summed E-state index contributed by atoms with van der Waals surface area (Å²) < 4.78 is 5.69. The van der Waals surface area contributed by atoms with Gasteiger partial charge in [-0.15, -0.1) is 0 Å². The summed E-state index contributed by atoms with van der Waals surface area (Å²) in [7, 11) is 0. The lowest BCUT2D eigenvalue weighted by Crippen LogP contribution is -2.65. The van der Waals surface area contributed by atoms with Crippen LogP contribution in [0.4, 0.5) is 0 Å². The summed E-state index contributed by atoms with van der Waals surface area (Å²) in [5.41, 5.74) is 3.01. The van der Waals surface area contributed by atoms with E-state index in [0.29, 0.717) is 29.2 Å². The van der Waals surface area contributed by atoms with Crippen molar-refractivity contribution >= 4 is 34.2 Å². The molecule has 6 nitrogen and oxygen atoms in total. The molecule has 1 aromatic carbocycles. The molecule has 7 rings (SSSR count). The maximum absolute atomic E-state index is 13.7. The van der Waals surface area contributed by atoms with Gasteiger partial charge in [0.2, 0.25) is 5.91 Å². The van der Waals surface area contributed by atoms with E-state index in [1.54, 1.807) is 6.07 Å². The maximum atomic E-state index is 13.7. The number of halogens is 1. The highest BCUT2D eigenvalue weighted by molar-refractivity contribution is 6.29. The SMILES string of the molecule is CC(CC(=O)N1C2CC3CC(C2)C(C(=O)CO)C1C3)c1c[nH]c2cccc(-c3ccc(Cl)o3)c12. The van der Waals surface area contributed by atoms with Gasteiger partial charge in [-0.05, 0) is 78.8 Å². The molecule has 2 saturated carbocycles. The fraction of sp³-hybridized carbons (Fsp3) is 0.481. The first-order valence-electron chi connectivity index (χ1n) is 12.2. The van der Waals surface area contributed by atoms with Gasteiger partial charge < -0.3 is 19.4 Å². The molecule has 4 fully saturated rings. The zero-order chi connectivity index (χ0) is 23.6. The van der Waals surface area contributed by atoms with Crippen LogP contribution in [0.3, 0.4) is 0 Å². The van der Waals surface area contributed by atoms with E-state index in [2.05, 4.69) is 11.9 Å². The summed E-state index contributed by atoms with van der Waals surface area (Å²) in [5.74, 6) is 1.42. The Hall–Kier alpha value is -2.57. The number of carbonyl (C=O) groups is 2. The second kappa shape index (κ2) is 8.28. The summed E-state index contributed by atoms with van der Waals surface area (Å²) in [6, 6.07) is 9.78. The Morgan fingerprint density at radius 2 is 2.06 bits per heavy atom. The van der Waals surface area contributed by atoms with E-state index < -0.39 is 6.61 Å². The summed E-state index contributed by atoms with van der Waals surface area (Å²) in [6.45, 7) is 1.65. The number of nitrogens with one attached hydrogen (secondary N) is 1. The molecule has 2 aliphatic heterocycles. The van der Waals surface area contributed by atoms with E-state index in [-0.39, 0.29) is 35.6 Å². The number of hydrogen-bond donors (Lipinski definition) is 2. The molecule has 34 heavy (non-hydrogen) atoms. The third-order valence-electron chi connectivity index (χ3n) is 8.47. The molecule has 2 aliphatic carbocycles. The van der Waals surface area contributed by atoms with Crippen molar-refractivity contribution in [1.82, 2.24) is 9.88 Å². The highest BCUT2D eigenvalue weighted by atomic mass is 35.5. The zero-order valence-electron chi connectivity index (χ0n) is 19.2. The van der Waals surface area contributed by atoms with Gasteiger partial charge in [-0.1, -0.05) is 19.1 Å². The fourth-order valence-corrected chi connectivity index (χ4v) is 7.38. The van der Waals surface area contributed by atoms with Crippen LogP contribution in [0.25, 0.3) is 22.2 Å². The molecule has 178 valence electrons. The first kappa shape index (κ1) is 21.9. The Kier molecular flexibility index (Phi) is 5.34. The van der Waals surface area contributed by atoms with Crippen LogP contribution in [0.2, 0.25) is 5.22 Å². The Labute approximate surface area is 203 Å². The van der Waals surface area contributed by atoms with Gasteiger partial charge in [0.05, 0.1) is 0 Å². The quantitative estimate of drug-likeness (QED) is 0.510. The second-order valence-electron chi connectivity index (χ2n) is 10.4. The largest absolute Gasteiger partial charge is 0.445 e. The van der Waals surface area contributed by atoms with Crippen LogP contribution in [0.1, 0.15) is 50.5 Å². The Morgan fingerprint density at radius 3 is 2.82 bits per heavy atom. The van der Waals surface area contributed by atoms with Crippen LogP contribution in [0.15, 0.2) is 40.9 Å². The number of piperidine rings is 2. The van der Waals surface area contributed by atoms with Gasteiger partial charge in [0.1, 0.15) is 12.4 Å². The Bertz CT molecular complexity index is 1260. The maximum Gasteiger partial charge on any atom is 0.223 e. The van der Waals surface area contributed by atoms with E-state index >= 15 is 0 Å². The topological polar surface area (TPSA) is 86.5 Å². The normalized spacial score (nSPS) is 28.6. The van der Waals surface area contributed by atoms with Crippen molar-refractivity contribution in [1.29, 1.82) is 0 Å². The highest BCUT2D eigenvalue weighted by Crippen LogP contribution is 2.52. The summed E-state index contributed by atoms with van der Waals surface area (Å²) in [4.78, 5) is 31.7. The number of fused-ring (bicyclic) bond motifs is 1. The van der Waals surface area contributed by atoms with Gasteiger partial charge >= 0.3 is 0 Å². The molecule has 1 amide bonds. The lowest BCUT2D eigenvalue weighted by Gasteiger charge is -2.59. The van der Waals surface area contributed by atoms with E-state index in [9.17, 15) is 14.7 Å². The molecular weight excluding hydrogens is 452 g/mol. The molecule has 2 saturated heterocycles. The molecule has 2 N–H and O–H groups in total. The second-order valence-corrected chi connectivity index (χ2v) is 10.8. The lowest BCUT2D eigenvalue weighted by molar-refractivity contribution is -0.163. The molecule has 2 aromatic heterocycles. The number of hydrogen-bond acceptors (Lipinski definition) is 4. The van der Waals surface area contributed by atoms with Crippen molar-refractivity contribution in [2.45, 2.75) is 57.0 Å². The molecule has 0 spiro atoms. The van der Waals surface area contributed by atoms with E-state index in [4.69, 9.17) is 16.0 Å². The third-order valence-corrected chi connectivity index (χ3v) is 8.67. The minimum absolute atomic E-state index is 0.0167. The zero-order valence-corrected chi connectivity index (χ0v) is 19.9. The first-order valence-corrected chi connectivity index (χ1v) is 12.6. The number of nitrogens with zero attached hydrogens (tertiary/aromatic N) is 1. The number of aliphatic hydroxyl groups is 1. The van der Waals surface area contributed by atoms with Crippen molar-refractivity contribution in [3.05, 3.63) is 47.3 Å². The molecule has 4 bridgehead atoms. The van der Waals surface area contributed by atoms with Crippen LogP contribution >= 0.6 is 11.6 Å². The van der Waals surface area contributed by atoms with Crippen LogP contribution in [0.5, 0.6) is 0 Å². The third kappa shape index (κ3) is 3.42. The number of aromatic amines is 1. The number of carbonyl (C=O) groups excluding carboxylic acids is 2. The number of ketones is 1. The van der Waals surface area contributed by atoms with Gasteiger partial charge in [0, 0.05) is 47.1 Å². The molecule has 4 heterocycles. The number of aromatic nitrogens is 1. The molecule has 0 radical (unpaired) electrons. The van der Waals surface area contributed by atoms with Crippen molar-refractivity contribution in [2.24, 2.45) is 17.8 Å². The Morgan fingerprint density at radius 1 is 1.21 bits per heavy atom. The number of aliphatic hydroxyl groups excluding tert-OH is 1. The first-order chi connectivity index (χ1) is 16.4. The standard InChI is InChI=1S/C27H29ClN2O4/c1-14(19-12-29-20-4-2-3-18(27(19)20)23-5-6-24(28)34-23)7-25(33)30-17-9-15-8-16(11-17)26(21(30)10-15)22(32)13-31/h2-6,12,14-17,21,26,29,31H,7-11,13H2,1H3. The number of benzene rings is 1. The van der Waals surface area contributed by atoms with Gasteiger partial charge in [-0.3, -0.25) is 9.59 Å². The van der Waals surface area contributed by atoms with E-state index in [1.807, 2.05) is 35.4 Å². The highest BCUT2D eigenvalue weighted by Gasteiger charge is 2.55. The lowest BCUT2D eigenvalue weighted by atomic mass is 9.57. The monoisotopic (exact) mass is 480 g/mol. The van der Waals surface area contributed by atoms with E-state index in [1.165, 1.54) is 0 Å². The average molecular weight is 481 g/mol. The number of Topliss-reactive ketones (excluding diaryl/α,β-unsaturated/α-hetero) is 1. The van der Waals surface area contributed by atoms with Crippen LogP contribution in [-0.2, 0) is 9.59 Å². The van der Waals surface area contributed by atoms with Crippen molar-refractivity contribution in [2.75, 3.05) is 6.61 Å². The molecular formula is C27H29ClN2O4. The Balaban J connectivity index is 1.29. The number of H-pyrrole nitrogens is 1. The number of rotatable bonds is 6. The minimum Gasteiger partial charge on any atom is -0.445 e. The minimum atomic E-state index is -0.430. The molecule has 4 aliphatic rings. The molecule has 6 unspecified atom stereocenters. The van der Waals surface area contributed by atoms with Crippen LogP contribution in [0, 0.1) is 17.8 Å². The van der Waals surface area contributed by atoms with Crippen LogP contribution in [-0.4, -0.2) is 45.4 Å².